The average molecular weight is 269 g/mol. The highest BCUT2D eigenvalue weighted by Gasteiger charge is 2.08. The number of pyridine rings is 1. The molecule has 1 heterocycles. The van der Waals surface area contributed by atoms with E-state index in [1.165, 1.54) is 0 Å². The summed E-state index contributed by atoms with van der Waals surface area (Å²) < 4.78 is 0. The molecule has 0 spiro atoms. The molecule has 0 aliphatic carbocycles. The third kappa shape index (κ3) is 3.82. The molecule has 104 valence electrons. The number of nitrogens with zero attached hydrogens (tertiary/aromatic N) is 1. The van der Waals surface area contributed by atoms with Gasteiger partial charge in [0.2, 0.25) is 0 Å². The molecule has 1 aromatic carbocycles. The van der Waals surface area contributed by atoms with Crippen molar-refractivity contribution in [3.8, 4) is 0 Å². The van der Waals surface area contributed by atoms with Crippen LogP contribution in [0.3, 0.4) is 0 Å². The molecule has 0 saturated carbocycles. The highest BCUT2D eigenvalue weighted by molar-refractivity contribution is 6.03. The second-order valence-electron chi connectivity index (χ2n) is 4.68. The molecule has 0 saturated heterocycles. The zero-order valence-corrected chi connectivity index (χ0v) is 11.8. The molecule has 2 N–H and O–H groups in total. The lowest BCUT2D eigenvalue weighted by Gasteiger charge is -2.08. The van der Waals surface area contributed by atoms with Gasteiger partial charge < -0.3 is 10.6 Å². The first-order chi connectivity index (χ1) is 9.69. The van der Waals surface area contributed by atoms with Crippen LogP contribution in [0.2, 0.25) is 0 Å². The van der Waals surface area contributed by atoms with Crippen LogP contribution in [0.5, 0.6) is 0 Å². The molecule has 2 aromatic rings. The molecular formula is C16H19N3O. The van der Waals surface area contributed by atoms with Gasteiger partial charge >= 0.3 is 0 Å². The predicted octanol–water partition coefficient (Wildman–Crippen LogP) is 3.46. The largest absolute Gasteiger partial charge is 0.385 e. The normalized spacial score (nSPS) is 10.1. The van der Waals surface area contributed by atoms with Crippen molar-refractivity contribution in [2.24, 2.45) is 0 Å². The Morgan fingerprint density at radius 1 is 1.20 bits per heavy atom. The Bertz CT molecular complexity index is 596. The Balaban J connectivity index is 2.09. The Morgan fingerprint density at radius 3 is 2.80 bits per heavy atom. The number of benzene rings is 1. The molecule has 0 aliphatic rings. The van der Waals surface area contributed by atoms with E-state index < -0.39 is 0 Å². The molecule has 4 heteroatoms. The number of aryl methyl sites for hydroxylation is 1. The van der Waals surface area contributed by atoms with Crippen molar-refractivity contribution in [1.29, 1.82) is 0 Å². The number of hydrogen-bond acceptors (Lipinski definition) is 3. The summed E-state index contributed by atoms with van der Waals surface area (Å²) in [7, 11) is 0. The van der Waals surface area contributed by atoms with E-state index in [-0.39, 0.29) is 5.91 Å². The standard InChI is InChI=1S/C16H19N3O/c1-3-8-17-13-7-9-18-15(11-13)16(20)19-14-6-4-5-12(2)10-14/h4-7,9-11H,3,8H2,1-2H3,(H,17,18)(H,19,20). The first-order valence-corrected chi connectivity index (χ1v) is 6.77. The van der Waals surface area contributed by atoms with Crippen molar-refractivity contribution < 1.29 is 4.79 Å². The molecule has 0 fully saturated rings. The van der Waals surface area contributed by atoms with Gasteiger partial charge in [-0.25, -0.2) is 0 Å². The van der Waals surface area contributed by atoms with Crippen LogP contribution in [0.4, 0.5) is 11.4 Å². The van der Waals surface area contributed by atoms with Crippen LogP contribution in [0.1, 0.15) is 29.4 Å². The summed E-state index contributed by atoms with van der Waals surface area (Å²) in [6.07, 6.45) is 2.68. The van der Waals surface area contributed by atoms with E-state index in [9.17, 15) is 4.79 Å². The number of aromatic nitrogens is 1. The maximum Gasteiger partial charge on any atom is 0.274 e. The van der Waals surface area contributed by atoms with Crippen molar-refractivity contribution in [2.75, 3.05) is 17.2 Å². The fourth-order valence-corrected chi connectivity index (χ4v) is 1.85. The third-order valence-electron chi connectivity index (χ3n) is 2.85. The van der Waals surface area contributed by atoms with Crippen molar-refractivity contribution in [3.63, 3.8) is 0 Å². The summed E-state index contributed by atoms with van der Waals surface area (Å²) in [6, 6.07) is 11.3. The Morgan fingerprint density at radius 2 is 2.05 bits per heavy atom. The Labute approximate surface area is 119 Å². The van der Waals surface area contributed by atoms with Crippen LogP contribution in [-0.4, -0.2) is 17.4 Å². The Kier molecular flexibility index (Phi) is 4.71. The van der Waals surface area contributed by atoms with Gasteiger partial charge in [0.25, 0.3) is 5.91 Å². The molecule has 0 atom stereocenters. The van der Waals surface area contributed by atoms with Gasteiger partial charge in [0, 0.05) is 24.1 Å². The van der Waals surface area contributed by atoms with Crippen molar-refractivity contribution in [1.82, 2.24) is 4.98 Å². The minimum Gasteiger partial charge on any atom is -0.385 e. The zero-order valence-electron chi connectivity index (χ0n) is 11.8. The summed E-state index contributed by atoms with van der Waals surface area (Å²) >= 11 is 0. The zero-order chi connectivity index (χ0) is 14.4. The lowest BCUT2D eigenvalue weighted by Crippen LogP contribution is -2.14. The van der Waals surface area contributed by atoms with Crippen LogP contribution in [0, 0.1) is 6.92 Å². The monoisotopic (exact) mass is 269 g/mol. The van der Waals surface area contributed by atoms with E-state index in [1.807, 2.05) is 37.3 Å². The number of anilines is 2. The fourth-order valence-electron chi connectivity index (χ4n) is 1.85. The molecule has 2 rings (SSSR count). The summed E-state index contributed by atoms with van der Waals surface area (Å²) in [4.78, 5) is 16.3. The summed E-state index contributed by atoms with van der Waals surface area (Å²) in [5, 5.41) is 6.10. The summed E-state index contributed by atoms with van der Waals surface area (Å²) in [5.41, 5.74) is 3.21. The van der Waals surface area contributed by atoms with Gasteiger partial charge in [-0.1, -0.05) is 19.1 Å². The maximum atomic E-state index is 12.2. The van der Waals surface area contributed by atoms with E-state index in [4.69, 9.17) is 0 Å². The molecule has 0 aliphatic heterocycles. The van der Waals surface area contributed by atoms with E-state index in [2.05, 4.69) is 22.5 Å². The number of carbonyl (C=O) groups excluding carboxylic acids is 1. The van der Waals surface area contributed by atoms with E-state index in [0.29, 0.717) is 5.69 Å². The fraction of sp³-hybridized carbons (Fsp3) is 0.250. The van der Waals surface area contributed by atoms with Crippen LogP contribution in [0.25, 0.3) is 0 Å². The van der Waals surface area contributed by atoms with Gasteiger partial charge in [-0.2, -0.15) is 0 Å². The highest BCUT2D eigenvalue weighted by Crippen LogP contribution is 2.13. The average Bonchev–Trinajstić information content (AvgIpc) is 2.45. The molecular weight excluding hydrogens is 250 g/mol. The first kappa shape index (κ1) is 14.1. The van der Waals surface area contributed by atoms with Gasteiger partial charge in [0.15, 0.2) is 0 Å². The molecule has 1 amide bonds. The molecule has 0 radical (unpaired) electrons. The highest BCUT2D eigenvalue weighted by atomic mass is 16.1. The second kappa shape index (κ2) is 6.70. The smallest absolute Gasteiger partial charge is 0.274 e. The van der Waals surface area contributed by atoms with Gasteiger partial charge in [0.1, 0.15) is 5.69 Å². The molecule has 4 nitrogen and oxygen atoms in total. The van der Waals surface area contributed by atoms with Crippen molar-refractivity contribution in [3.05, 3.63) is 53.9 Å². The van der Waals surface area contributed by atoms with Crippen molar-refractivity contribution in [2.45, 2.75) is 20.3 Å². The number of amides is 1. The molecule has 20 heavy (non-hydrogen) atoms. The Hall–Kier alpha value is -2.36. The maximum absolute atomic E-state index is 12.2. The topological polar surface area (TPSA) is 54.0 Å². The van der Waals surface area contributed by atoms with Gasteiger partial charge in [0.05, 0.1) is 0 Å². The van der Waals surface area contributed by atoms with Crippen molar-refractivity contribution >= 4 is 17.3 Å². The number of hydrogen-bond donors (Lipinski definition) is 2. The van der Waals surface area contributed by atoms with Crippen LogP contribution in [0.15, 0.2) is 42.6 Å². The minimum absolute atomic E-state index is 0.198. The molecule has 0 unspecified atom stereocenters. The lowest BCUT2D eigenvalue weighted by atomic mass is 10.2. The number of nitrogens with one attached hydrogen (secondary N) is 2. The minimum atomic E-state index is -0.198. The van der Waals surface area contributed by atoms with Crippen LogP contribution >= 0.6 is 0 Å². The van der Waals surface area contributed by atoms with Gasteiger partial charge in [-0.15, -0.1) is 0 Å². The SMILES string of the molecule is CCCNc1ccnc(C(=O)Nc2cccc(C)c2)c1. The third-order valence-corrected chi connectivity index (χ3v) is 2.85. The quantitative estimate of drug-likeness (QED) is 0.874. The number of carbonyl (C=O) groups is 1. The van der Waals surface area contributed by atoms with Gasteiger partial charge in [-0.3, -0.25) is 9.78 Å². The van der Waals surface area contributed by atoms with Crippen LogP contribution < -0.4 is 10.6 Å². The number of rotatable bonds is 5. The predicted molar refractivity (Wildman–Crippen MR) is 82.1 cm³/mol. The van der Waals surface area contributed by atoms with Crippen LogP contribution in [-0.2, 0) is 0 Å². The van der Waals surface area contributed by atoms with Gasteiger partial charge in [-0.05, 0) is 43.2 Å². The van der Waals surface area contributed by atoms with E-state index in [0.717, 1.165) is 29.9 Å². The first-order valence-electron chi connectivity index (χ1n) is 6.77. The summed E-state index contributed by atoms with van der Waals surface area (Å²) in [6.45, 7) is 4.96. The van der Waals surface area contributed by atoms with E-state index >= 15 is 0 Å². The van der Waals surface area contributed by atoms with E-state index in [1.54, 1.807) is 12.3 Å². The lowest BCUT2D eigenvalue weighted by molar-refractivity contribution is 0.102. The molecule has 1 aromatic heterocycles. The second-order valence-corrected chi connectivity index (χ2v) is 4.68. The molecule has 0 bridgehead atoms. The summed E-state index contributed by atoms with van der Waals surface area (Å²) in [5.74, 6) is -0.198.